The molecule has 1 saturated carbocycles. The van der Waals surface area contributed by atoms with Crippen LogP contribution in [0.4, 0.5) is 4.39 Å². The summed E-state index contributed by atoms with van der Waals surface area (Å²) in [5.41, 5.74) is 1.62. The van der Waals surface area contributed by atoms with Crippen LogP contribution in [0, 0.1) is 24.6 Å². The minimum Gasteiger partial charge on any atom is -0.205 e. The molecule has 0 unspecified atom stereocenters. The fourth-order valence-corrected chi connectivity index (χ4v) is 2.98. The zero-order valence-corrected chi connectivity index (χ0v) is 11.4. The molecule has 0 atom stereocenters. The van der Waals surface area contributed by atoms with E-state index >= 15 is 0 Å². The van der Waals surface area contributed by atoms with Crippen LogP contribution in [0.3, 0.4) is 0 Å². The molecule has 1 aliphatic rings. The Morgan fingerprint density at radius 3 is 2.53 bits per heavy atom. The maximum atomic E-state index is 13.7. The molecule has 2 rings (SSSR count). The maximum Gasteiger partial charge on any atom is 0.144 e. The average molecular weight is 255 g/mol. The van der Waals surface area contributed by atoms with Crippen molar-refractivity contribution < 1.29 is 4.39 Å². The third-order valence-corrected chi connectivity index (χ3v) is 4.41. The highest BCUT2D eigenvalue weighted by atomic mass is 35.5. The van der Waals surface area contributed by atoms with Crippen molar-refractivity contribution >= 4 is 11.6 Å². The summed E-state index contributed by atoms with van der Waals surface area (Å²) in [6.45, 7) is 4.07. The van der Waals surface area contributed by atoms with Gasteiger partial charge in [-0.3, -0.25) is 0 Å². The highest BCUT2D eigenvalue weighted by Crippen LogP contribution is 2.33. The molecule has 0 radical (unpaired) electrons. The smallest absolute Gasteiger partial charge is 0.144 e. The Labute approximate surface area is 108 Å². The predicted molar refractivity (Wildman–Crippen MR) is 71.0 cm³/mol. The second-order valence-electron chi connectivity index (χ2n) is 5.50. The van der Waals surface area contributed by atoms with Gasteiger partial charge in [-0.1, -0.05) is 43.5 Å². The predicted octanol–water partition coefficient (Wildman–Crippen LogP) is 5.16. The summed E-state index contributed by atoms with van der Waals surface area (Å²) in [6, 6.07) is 3.82. The highest BCUT2D eigenvalue weighted by molar-refractivity contribution is 6.31. The van der Waals surface area contributed by atoms with E-state index in [2.05, 4.69) is 6.92 Å². The largest absolute Gasteiger partial charge is 0.205 e. The third-order valence-electron chi connectivity index (χ3n) is 4.00. The van der Waals surface area contributed by atoms with E-state index in [9.17, 15) is 4.39 Å². The Kier molecular flexibility index (Phi) is 4.09. The number of hydrogen-bond donors (Lipinski definition) is 0. The van der Waals surface area contributed by atoms with Gasteiger partial charge >= 0.3 is 0 Å². The van der Waals surface area contributed by atoms with E-state index in [0.717, 1.165) is 17.9 Å². The Bertz CT molecular complexity index is 392. The first-order valence-electron chi connectivity index (χ1n) is 6.51. The van der Waals surface area contributed by atoms with Crippen LogP contribution in [-0.4, -0.2) is 0 Å². The Morgan fingerprint density at radius 2 is 1.88 bits per heavy atom. The number of benzene rings is 1. The lowest BCUT2D eigenvalue weighted by Crippen LogP contribution is -2.14. The molecule has 0 spiro atoms. The summed E-state index contributed by atoms with van der Waals surface area (Å²) in [7, 11) is 0. The number of hydrogen-bond acceptors (Lipinski definition) is 0. The molecule has 0 amide bonds. The monoisotopic (exact) mass is 254 g/mol. The van der Waals surface area contributed by atoms with Crippen LogP contribution < -0.4 is 0 Å². The van der Waals surface area contributed by atoms with Crippen LogP contribution in [0.1, 0.15) is 43.7 Å². The van der Waals surface area contributed by atoms with Gasteiger partial charge in [-0.05, 0) is 49.1 Å². The minimum absolute atomic E-state index is 0.242. The lowest BCUT2D eigenvalue weighted by molar-refractivity contribution is 0.289. The molecule has 1 aliphatic carbocycles. The van der Waals surface area contributed by atoms with Gasteiger partial charge in [-0.15, -0.1) is 0 Å². The highest BCUT2D eigenvalue weighted by Gasteiger charge is 2.20. The maximum absolute atomic E-state index is 13.7. The first-order chi connectivity index (χ1) is 8.08. The van der Waals surface area contributed by atoms with Crippen LogP contribution in [0.5, 0.6) is 0 Å². The molecule has 94 valence electrons. The van der Waals surface area contributed by atoms with Crippen LogP contribution >= 0.6 is 11.6 Å². The normalized spacial score (nSPS) is 24.9. The molecule has 1 fully saturated rings. The summed E-state index contributed by atoms with van der Waals surface area (Å²) in [4.78, 5) is 0. The first-order valence-corrected chi connectivity index (χ1v) is 6.89. The Morgan fingerprint density at radius 1 is 1.24 bits per heavy atom. The van der Waals surface area contributed by atoms with Crippen molar-refractivity contribution in [2.24, 2.45) is 11.8 Å². The van der Waals surface area contributed by atoms with Gasteiger partial charge in [0.25, 0.3) is 0 Å². The lowest BCUT2D eigenvalue weighted by Gasteiger charge is -2.26. The van der Waals surface area contributed by atoms with Crippen molar-refractivity contribution in [2.45, 2.75) is 46.0 Å². The molecule has 0 aliphatic heterocycles. The molecular formula is C15H20ClF. The van der Waals surface area contributed by atoms with Crippen molar-refractivity contribution in [1.29, 1.82) is 0 Å². The van der Waals surface area contributed by atoms with Crippen LogP contribution in [0.2, 0.25) is 5.02 Å². The van der Waals surface area contributed by atoms with Crippen molar-refractivity contribution in [3.05, 3.63) is 34.1 Å². The Hall–Kier alpha value is -0.560. The molecule has 0 bridgehead atoms. The fourth-order valence-electron chi connectivity index (χ4n) is 2.69. The van der Waals surface area contributed by atoms with Crippen molar-refractivity contribution in [2.75, 3.05) is 0 Å². The SMILES string of the molecule is Cc1ccc(CC2CCC(C)CC2)c(Cl)c1F. The molecule has 17 heavy (non-hydrogen) atoms. The first kappa shape index (κ1) is 12.9. The van der Waals surface area contributed by atoms with E-state index in [1.807, 2.05) is 12.1 Å². The van der Waals surface area contributed by atoms with E-state index in [0.29, 0.717) is 16.5 Å². The van der Waals surface area contributed by atoms with E-state index in [4.69, 9.17) is 11.6 Å². The standard InChI is InChI=1S/C15H20ClF/c1-10-3-6-12(7-4-10)9-13-8-5-11(2)15(17)14(13)16/h5,8,10,12H,3-4,6-7,9H2,1-2H3. The van der Waals surface area contributed by atoms with E-state index in [-0.39, 0.29) is 5.82 Å². The molecule has 0 nitrogen and oxygen atoms in total. The second kappa shape index (κ2) is 5.39. The number of aryl methyl sites for hydroxylation is 1. The van der Waals surface area contributed by atoms with Crippen LogP contribution in [0.25, 0.3) is 0 Å². The molecular weight excluding hydrogens is 235 g/mol. The summed E-state index contributed by atoms with van der Waals surface area (Å²) in [5.74, 6) is 1.30. The molecule has 0 aromatic heterocycles. The molecule has 0 saturated heterocycles. The van der Waals surface area contributed by atoms with Crippen LogP contribution in [-0.2, 0) is 6.42 Å². The summed E-state index contributed by atoms with van der Waals surface area (Å²) < 4.78 is 13.7. The molecule has 2 heteroatoms. The topological polar surface area (TPSA) is 0 Å². The van der Waals surface area contributed by atoms with Gasteiger partial charge in [0.1, 0.15) is 5.82 Å². The van der Waals surface area contributed by atoms with E-state index in [1.54, 1.807) is 6.92 Å². The summed E-state index contributed by atoms with van der Waals surface area (Å²) in [5, 5.41) is 0.337. The minimum atomic E-state index is -0.242. The van der Waals surface area contributed by atoms with Crippen molar-refractivity contribution in [3.63, 3.8) is 0 Å². The molecule has 0 N–H and O–H groups in total. The van der Waals surface area contributed by atoms with Gasteiger partial charge in [0.2, 0.25) is 0 Å². The quantitative estimate of drug-likeness (QED) is 0.684. The van der Waals surface area contributed by atoms with Gasteiger partial charge in [0.15, 0.2) is 0 Å². The average Bonchev–Trinajstić information content (AvgIpc) is 2.33. The Balaban J connectivity index is 2.06. The summed E-state index contributed by atoms with van der Waals surface area (Å²) in [6.07, 6.45) is 6.05. The lowest BCUT2D eigenvalue weighted by atomic mass is 9.80. The number of halogens is 2. The van der Waals surface area contributed by atoms with Gasteiger partial charge in [0, 0.05) is 0 Å². The summed E-state index contributed by atoms with van der Waals surface area (Å²) >= 11 is 6.07. The van der Waals surface area contributed by atoms with Gasteiger partial charge in [0.05, 0.1) is 5.02 Å². The zero-order chi connectivity index (χ0) is 12.4. The van der Waals surface area contributed by atoms with Crippen LogP contribution in [0.15, 0.2) is 12.1 Å². The van der Waals surface area contributed by atoms with Gasteiger partial charge in [-0.25, -0.2) is 4.39 Å². The zero-order valence-electron chi connectivity index (χ0n) is 10.6. The molecule has 1 aromatic carbocycles. The molecule has 0 heterocycles. The molecule has 1 aromatic rings. The van der Waals surface area contributed by atoms with Gasteiger partial charge in [-0.2, -0.15) is 0 Å². The fraction of sp³-hybridized carbons (Fsp3) is 0.600. The van der Waals surface area contributed by atoms with Gasteiger partial charge < -0.3 is 0 Å². The second-order valence-corrected chi connectivity index (χ2v) is 5.88. The van der Waals surface area contributed by atoms with Crippen molar-refractivity contribution in [1.82, 2.24) is 0 Å². The van der Waals surface area contributed by atoms with E-state index < -0.39 is 0 Å². The third kappa shape index (κ3) is 3.01. The van der Waals surface area contributed by atoms with Crippen molar-refractivity contribution in [3.8, 4) is 0 Å². The number of rotatable bonds is 2. The van der Waals surface area contributed by atoms with E-state index in [1.165, 1.54) is 25.7 Å².